The second-order valence-electron chi connectivity index (χ2n) is 5.15. The van der Waals surface area contributed by atoms with Crippen molar-refractivity contribution in [2.45, 2.75) is 10.3 Å². The van der Waals surface area contributed by atoms with Gasteiger partial charge < -0.3 is 5.32 Å². The number of halogens is 4. The number of nitrogens with one attached hydrogen (secondary N) is 1. The minimum Gasteiger partial charge on any atom is -0.324 e. The maximum absolute atomic E-state index is 12.4. The largest absolute Gasteiger partial charge is 0.324 e. The van der Waals surface area contributed by atoms with Crippen molar-refractivity contribution in [1.29, 1.82) is 0 Å². The van der Waals surface area contributed by atoms with Crippen LogP contribution in [0, 0.1) is 5.92 Å². The van der Waals surface area contributed by atoms with Gasteiger partial charge in [-0.05, 0) is 23.8 Å². The summed E-state index contributed by atoms with van der Waals surface area (Å²) in [6, 6.07) is 14.4. The number of benzene rings is 2. The van der Waals surface area contributed by atoms with E-state index in [-0.39, 0.29) is 11.8 Å². The Morgan fingerprint density at radius 3 is 2.36 bits per heavy atom. The number of carbonyl (C=O) groups is 1. The Balaban J connectivity index is 1.78. The molecule has 0 spiro atoms. The predicted molar refractivity (Wildman–Crippen MR) is 92.2 cm³/mol. The summed E-state index contributed by atoms with van der Waals surface area (Å²) in [4.78, 5) is 12.4. The van der Waals surface area contributed by atoms with Crippen molar-refractivity contribution in [2.75, 3.05) is 5.32 Å². The number of hydrogen-bond acceptors (Lipinski definition) is 1. The molecule has 0 radical (unpaired) electrons. The summed E-state index contributed by atoms with van der Waals surface area (Å²) in [5, 5.41) is 3.62. The Morgan fingerprint density at radius 2 is 1.73 bits per heavy atom. The summed E-state index contributed by atoms with van der Waals surface area (Å²) in [5.74, 6) is -1.02. The molecule has 2 nitrogen and oxygen atoms in total. The fourth-order valence-electron chi connectivity index (χ4n) is 2.53. The lowest BCUT2D eigenvalue weighted by molar-refractivity contribution is -0.117. The molecule has 114 valence electrons. The third kappa shape index (κ3) is 2.93. The summed E-state index contributed by atoms with van der Waals surface area (Å²) < 4.78 is -1.11. The highest BCUT2D eigenvalue weighted by atomic mass is 35.5. The van der Waals surface area contributed by atoms with Crippen molar-refractivity contribution in [1.82, 2.24) is 0 Å². The summed E-state index contributed by atoms with van der Waals surface area (Å²) in [6.07, 6.45) is 0. The van der Waals surface area contributed by atoms with Crippen LogP contribution in [0.3, 0.4) is 0 Å². The van der Waals surface area contributed by atoms with Gasteiger partial charge in [-0.3, -0.25) is 4.79 Å². The van der Waals surface area contributed by atoms with Crippen LogP contribution in [0.1, 0.15) is 11.5 Å². The Kier molecular flexibility index (Phi) is 4.30. The zero-order valence-corrected chi connectivity index (χ0v) is 14.2. The van der Waals surface area contributed by atoms with Gasteiger partial charge in [0.15, 0.2) is 0 Å². The van der Waals surface area contributed by atoms with E-state index in [1.807, 2.05) is 30.3 Å². The van der Waals surface area contributed by atoms with Crippen molar-refractivity contribution < 1.29 is 4.79 Å². The van der Waals surface area contributed by atoms with Crippen LogP contribution in [-0.2, 0) is 4.79 Å². The minimum atomic E-state index is -1.11. The number of anilines is 1. The van der Waals surface area contributed by atoms with Crippen LogP contribution in [0.2, 0.25) is 10.0 Å². The lowest BCUT2D eigenvalue weighted by Gasteiger charge is -2.07. The van der Waals surface area contributed by atoms with Gasteiger partial charge in [0.2, 0.25) is 5.91 Å². The molecule has 0 heterocycles. The molecule has 6 heteroatoms. The average Bonchev–Trinajstić information content (AvgIpc) is 3.05. The quantitative estimate of drug-likeness (QED) is 0.704. The van der Waals surface area contributed by atoms with Crippen LogP contribution in [-0.4, -0.2) is 10.2 Å². The first-order valence-corrected chi connectivity index (χ1v) is 8.11. The number of hydrogen-bond donors (Lipinski definition) is 1. The Morgan fingerprint density at radius 1 is 1.05 bits per heavy atom. The zero-order valence-electron chi connectivity index (χ0n) is 11.2. The normalized spacial score (nSPS) is 22.2. The van der Waals surface area contributed by atoms with E-state index in [9.17, 15) is 4.79 Å². The van der Waals surface area contributed by atoms with E-state index in [4.69, 9.17) is 46.4 Å². The van der Waals surface area contributed by atoms with E-state index in [1.165, 1.54) is 0 Å². The molecule has 2 aromatic carbocycles. The van der Waals surface area contributed by atoms with Crippen LogP contribution in [0.5, 0.6) is 0 Å². The molecule has 0 unspecified atom stereocenters. The molecule has 1 fully saturated rings. The molecule has 2 aromatic rings. The lowest BCUT2D eigenvalue weighted by Crippen LogP contribution is -2.17. The molecule has 0 aromatic heterocycles. The highest BCUT2D eigenvalue weighted by Gasteiger charge is 2.67. The van der Waals surface area contributed by atoms with E-state index in [0.29, 0.717) is 15.7 Å². The summed E-state index contributed by atoms with van der Waals surface area (Å²) in [5.41, 5.74) is 1.42. The maximum atomic E-state index is 12.4. The van der Waals surface area contributed by atoms with Gasteiger partial charge in [-0.25, -0.2) is 0 Å². The maximum Gasteiger partial charge on any atom is 0.231 e. The van der Waals surface area contributed by atoms with Crippen LogP contribution in [0.25, 0.3) is 0 Å². The number of rotatable bonds is 3. The van der Waals surface area contributed by atoms with Gasteiger partial charge >= 0.3 is 0 Å². The van der Waals surface area contributed by atoms with E-state index in [0.717, 1.165) is 5.56 Å². The van der Waals surface area contributed by atoms with E-state index < -0.39 is 10.3 Å². The van der Waals surface area contributed by atoms with Crippen LogP contribution < -0.4 is 5.32 Å². The topological polar surface area (TPSA) is 29.1 Å². The van der Waals surface area contributed by atoms with Gasteiger partial charge in [-0.1, -0.05) is 53.5 Å². The third-order valence-corrected chi connectivity index (χ3v) is 5.17. The van der Waals surface area contributed by atoms with Gasteiger partial charge in [0.25, 0.3) is 0 Å². The molecular weight excluding hydrogens is 364 g/mol. The first kappa shape index (κ1) is 15.9. The average molecular weight is 375 g/mol. The fourth-order valence-corrected chi connectivity index (χ4v) is 3.81. The second-order valence-corrected chi connectivity index (χ2v) is 7.44. The first-order valence-electron chi connectivity index (χ1n) is 6.60. The lowest BCUT2D eigenvalue weighted by atomic mass is 10.1. The van der Waals surface area contributed by atoms with Gasteiger partial charge in [-0.2, -0.15) is 0 Å². The van der Waals surface area contributed by atoms with E-state index in [1.54, 1.807) is 18.2 Å². The predicted octanol–water partition coefficient (Wildman–Crippen LogP) is 5.52. The van der Waals surface area contributed by atoms with Crippen molar-refractivity contribution >= 4 is 58.0 Å². The van der Waals surface area contributed by atoms with Crippen molar-refractivity contribution in [3.05, 3.63) is 64.1 Å². The molecule has 0 aliphatic heterocycles. The number of alkyl halides is 2. The minimum absolute atomic E-state index is 0.233. The van der Waals surface area contributed by atoms with Crippen molar-refractivity contribution in [3.8, 4) is 0 Å². The van der Waals surface area contributed by atoms with Gasteiger partial charge in [0, 0.05) is 10.9 Å². The fraction of sp³-hybridized carbons (Fsp3) is 0.188. The number of carbonyl (C=O) groups excluding carboxylic acids is 1. The molecule has 3 rings (SSSR count). The molecule has 0 saturated heterocycles. The second kappa shape index (κ2) is 5.93. The van der Waals surface area contributed by atoms with E-state index in [2.05, 4.69) is 5.32 Å². The Bertz CT molecular complexity index is 717. The molecule has 0 bridgehead atoms. The van der Waals surface area contributed by atoms with Gasteiger partial charge in [0.1, 0.15) is 4.33 Å². The SMILES string of the molecule is O=C(Nc1ccc(Cl)cc1Cl)[C@@H]1[C@@H](c2ccccc2)C1(Cl)Cl. The summed E-state index contributed by atoms with van der Waals surface area (Å²) >= 11 is 24.5. The molecule has 1 amide bonds. The number of amides is 1. The van der Waals surface area contributed by atoms with Crippen LogP contribution in [0.4, 0.5) is 5.69 Å². The molecule has 1 aliphatic rings. The Hall–Kier alpha value is -0.930. The first-order chi connectivity index (χ1) is 10.4. The van der Waals surface area contributed by atoms with E-state index >= 15 is 0 Å². The van der Waals surface area contributed by atoms with Crippen molar-refractivity contribution in [2.24, 2.45) is 5.92 Å². The Labute approximate surface area is 148 Å². The molecule has 1 saturated carbocycles. The smallest absolute Gasteiger partial charge is 0.231 e. The monoisotopic (exact) mass is 373 g/mol. The standard InChI is InChI=1S/C16H11Cl4NO/c17-10-6-7-12(11(18)8-10)21-15(22)14-13(16(14,19)20)9-4-2-1-3-5-9/h1-8,13-14H,(H,21,22)/t13-,14+/m1/s1. The van der Waals surface area contributed by atoms with Crippen molar-refractivity contribution in [3.63, 3.8) is 0 Å². The third-order valence-electron chi connectivity index (χ3n) is 3.68. The van der Waals surface area contributed by atoms with Gasteiger partial charge in [-0.15, -0.1) is 23.2 Å². The molecule has 1 aliphatic carbocycles. The highest BCUT2D eigenvalue weighted by Crippen LogP contribution is 2.65. The molecule has 22 heavy (non-hydrogen) atoms. The molecular formula is C16H11Cl4NO. The van der Waals surface area contributed by atoms with Gasteiger partial charge in [0.05, 0.1) is 16.6 Å². The van der Waals surface area contributed by atoms with Crippen LogP contribution >= 0.6 is 46.4 Å². The van der Waals surface area contributed by atoms with Crippen LogP contribution in [0.15, 0.2) is 48.5 Å². The zero-order chi connectivity index (χ0) is 15.9. The summed E-state index contributed by atoms with van der Waals surface area (Å²) in [7, 11) is 0. The molecule has 2 atom stereocenters. The highest BCUT2D eigenvalue weighted by molar-refractivity contribution is 6.53. The summed E-state index contributed by atoms with van der Waals surface area (Å²) in [6.45, 7) is 0. The molecule has 1 N–H and O–H groups in total.